The number of hydrogen-bond donors (Lipinski definition) is 3. The first kappa shape index (κ1) is 57.2. The fourth-order valence-electron chi connectivity index (χ4n) is 10.5. The van der Waals surface area contributed by atoms with Crippen LogP contribution in [0.2, 0.25) is 0 Å². The van der Waals surface area contributed by atoms with Crippen molar-refractivity contribution in [1.29, 1.82) is 0 Å². The molecule has 15 heteroatoms. The number of hydrogen-bond acceptors (Lipinski definition) is 14. The number of allylic oxidation sites excluding steroid dienone is 6. The maximum Gasteiger partial charge on any atom is 0.329 e. The van der Waals surface area contributed by atoms with Gasteiger partial charge in [0.1, 0.15) is 30.1 Å². The Kier molecular flexibility index (Phi) is 22.9. The molecule has 3 N–H and O–H groups in total. The van der Waals surface area contributed by atoms with Crippen molar-refractivity contribution in [3.63, 3.8) is 0 Å². The van der Waals surface area contributed by atoms with E-state index >= 15 is 0 Å². The van der Waals surface area contributed by atoms with Crippen molar-refractivity contribution >= 4 is 29.2 Å². The van der Waals surface area contributed by atoms with Gasteiger partial charge in [-0.2, -0.15) is 0 Å². The van der Waals surface area contributed by atoms with Crippen molar-refractivity contribution in [3.8, 4) is 0 Å². The number of methoxy groups -OCH3 is 3. The number of piperidine rings is 1. The summed E-state index contributed by atoms with van der Waals surface area (Å²) in [4.78, 5) is 72.1. The molecule has 68 heavy (non-hydrogen) atoms. The van der Waals surface area contributed by atoms with Crippen LogP contribution in [0.4, 0.5) is 0 Å². The summed E-state index contributed by atoms with van der Waals surface area (Å²) in [5, 5.41) is 32.8. The zero-order valence-electron chi connectivity index (χ0n) is 42.4. The molecule has 0 unspecified atom stereocenters. The highest BCUT2D eigenvalue weighted by Crippen LogP contribution is 2.38. The van der Waals surface area contributed by atoms with E-state index < -0.39 is 77.8 Å². The second-order valence-corrected chi connectivity index (χ2v) is 20.2. The standard InChI is InChI=1S/C53H83NO14/c1-32-16-12-11-13-17-33(2)44(63-8)30-40-21-19-38(7)53(62,68-40)50(59)51(60)54-23-15-14-18-41(54)52(61)67-45(35(4)28-39-20-22-43(66-25-24-55)46(29-39)64-9)31-42(56)34(3)27-37(6)48(58)49(65-10)47(57)36(5)26-32/h11-13,16-17,27,32,34-36,38-41,43-46,48-49,55,58,62H,14-15,18-26,28-31H2,1-10H3/b13-11+,16-12+,33-17+,37-27+/t32-,34-,35-,36-,38-,39+,40+,41+,43-,44+,45+,46-,48-,49+,53-/m0/s1. The number of amides is 1. The Hall–Kier alpha value is -3.41. The lowest BCUT2D eigenvalue weighted by Gasteiger charge is -2.42. The van der Waals surface area contributed by atoms with Gasteiger partial charge in [0.15, 0.2) is 5.78 Å². The number of ether oxygens (including phenoxy) is 6. The molecule has 0 aromatic heterocycles. The van der Waals surface area contributed by atoms with Crippen LogP contribution in [-0.2, 0) is 52.4 Å². The van der Waals surface area contributed by atoms with Crippen LogP contribution in [0.25, 0.3) is 0 Å². The van der Waals surface area contributed by atoms with E-state index in [-0.39, 0.29) is 74.1 Å². The summed E-state index contributed by atoms with van der Waals surface area (Å²) in [5.41, 5.74) is 1.26. The summed E-state index contributed by atoms with van der Waals surface area (Å²) < 4.78 is 35.6. The van der Waals surface area contributed by atoms with Crippen LogP contribution in [0.15, 0.2) is 47.6 Å². The van der Waals surface area contributed by atoms with Gasteiger partial charge in [0, 0.05) is 58.5 Å². The topological polar surface area (TPSA) is 205 Å². The highest BCUT2D eigenvalue weighted by molar-refractivity contribution is 6.39. The number of esters is 1. The molecule has 15 atom stereocenters. The Morgan fingerprint density at radius 2 is 1.59 bits per heavy atom. The maximum absolute atomic E-state index is 14.5. The minimum absolute atomic E-state index is 0.0158. The minimum Gasteiger partial charge on any atom is -0.460 e. The molecule has 1 saturated carbocycles. The van der Waals surface area contributed by atoms with Crippen molar-refractivity contribution in [2.24, 2.45) is 35.5 Å². The maximum atomic E-state index is 14.5. The van der Waals surface area contributed by atoms with Gasteiger partial charge in [-0.25, -0.2) is 4.79 Å². The van der Waals surface area contributed by atoms with Gasteiger partial charge in [-0.15, -0.1) is 0 Å². The van der Waals surface area contributed by atoms with E-state index in [9.17, 15) is 39.3 Å². The third kappa shape index (κ3) is 15.3. The summed E-state index contributed by atoms with van der Waals surface area (Å²) in [6.45, 7) is 12.9. The number of carbonyl (C=O) groups excluding carboxylic acids is 5. The Balaban J connectivity index is 1.70. The molecule has 384 valence electrons. The first-order valence-electron chi connectivity index (χ1n) is 25.0. The number of ketones is 3. The van der Waals surface area contributed by atoms with E-state index in [1.54, 1.807) is 41.1 Å². The molecule has 1 aliphatic carbocycles. The highest BCUT2D eigenvalue weighted by atomic mass is 16.6. The fourth-order valence-corrected chi connectivity index (χ4v) is 10.5. The fraction of sp³-hybridized carbons (Fsp3) is 0.755. The summed E-state index contributed by atoms with van der Waals surface area (Å²) in [6, 6.07) is -1.14. The molecule has 4 rings (SSSR count). The minimum atomic E-state index is -2.43. The van der Waals surface area contributed by atoms with Crippen LogP contribution in [-0.4, -0.2) is 145 Å². The molecule has 0 spiro atoms. The summed E-state index contributed by atoms with van der Waals surface area (Å²) >= 11 is 0. The number of nitrogens with zero attached hydrogens (tertiary/aromatic N) is 1. The largest absolute Gasteiger partial charge is 0.460 e. The number of aliphatic hydroxyl groups is 3. The van der Waals surface area contributed by atoms with Crippen molar-refractivity contribution in [2.75, 3.05) is 41.1 Å². The Labute approximate surface area is 405 Å². The molecule has 15 nitrogen and oxygen atoms in total. The molecule has 3 aliphatic heterocycles. The normalized spacial score (nSPS) is 39.2. The van der Waals surface area contributed by atoms with Gasteiger partial charge in [-0.1, -0.05) is 71.1 Å². The van der Waals surface area contributed by atoms with Crippen LogP contribution >= 0.6 is 0 Å². The van der Waals surface area contributed by atoms with Crippen LogP contribution in [0.3, 0.4) is 0 Å². The smallest absolute Gasteiger partial charge is 0.329 e. The molecular weight excluding hydrogens is 875 g/mol. The Bertz CT molecular complexity index is 1810. The predicted octanol–water partition coefficient (Wildman–Crippen LogP) is 6.20. The molecule has 4 aliphatic rings. The average Bonchev–Trinajstić information content (AvgIpc) is 3.32. The lowest BCUT2D eigenvalue weighted by Crippen LogP contribution is -2.61. The zero-order valence-corrected chi connectivity index (χ0v) is 42.4. The molecular formula is C53H83NO14. The number of Topliss-reactive ketones (excluding diaryl/α,β-unsaturated/α-hetero) is 3. The first-order chi connectivity index (χ1) is 32.3. The molecule has 0 radical (unpaired) electrons. The van der Waals surface area contributed by atoms with Gasteiger partial charge in [-0.3, -0.25) is 19.2 Å². The average molecular weight is 958 g/mol. The van der Waals surface area contributed by atoms with E-state index in [4.69, 9.17) is 28.4 Å². The summed E-state index contributed by atoms with van der Waals surface area (Å²) in [5.74, 6) is -7.96. The third-order valence-electron chi connectivity index (χ3n) is 14.9. The highest BCUT2D eigenvalue weighted by Gasteiger charge is 2.53. The van der Waals surface area contributed by atoms with E-state index in [1.165, 1.54) is 12.0 Å². The molecule has 3 heterocycles. The van der Waals surface area contributed by atoms with Gasteiger partial charge < -0.3 is 48.6 Å². The van der Waals surface area contributed by atoms with Gasteiger partial charge in [-0.05, 0) is 107 Å². The number of fused-ring (bicyclic) bond motifs is 3. The number of rotatable bonds is 9. The van der Waals surface area contributed by atoms with Crippen LogP contribution in [0, 0.1) is 35.5 Å². The quantitative estimate of drug-likeness (QED) is 0.134. The van der Waals surface area contributed by atoms with E-state index in [0.29, 0.717) is 63.4 Å². The third-order valence-corrected chi connectivity index (χ3v) is 14.9. The van der Waals surface area contributed by atoms with Gasteiger partial charge >= 0.3 is 5.97 Å². The first-order valence-corrected chi connectivity index (χ1v) is 25.0. The lowest BCUT2D eigenvalue weighted by molar-refractivity contribution is -0.265. The second-order valence-electron chi connectivity index (χ2n) is 20.2. The van der Waals surface area contributed by atoms with Crippen molar-refractivity contribution < 1.29 is 67.7 Å². The van der Waals surface area contributed by atoms with Crippen molar-refractivity contribution in [1.82, 2.24) is 4.90 Å². The zero-order chi connectivity index (χ0) is 50.3. The Morgan fingerprint density at radius 3 is 2.26 bits per heavy atom. The van der Waals surface area contributed by atoms with E-state index in [1.807, 2.05) is 58.1 Å². The summed E-state index contributed by atoms with van der Waals surface area (Å²) in [7, 11) is 4.58. The molecule has 2 bridgehead atoms. The van der Waals surface area contributed by atoms with E-state index in [0.717, 1.165) is 12.0 Å². The summed E-state index contributed by atoms with van der Waals surface area (Å²) in [6.07, 6.45) is 12.0. The van der Waals surface area contributed by atoms with Crippen LogP contribution in [0.5, 0.6) is 0 Å². The molecule has 1 amide bonds. The molecule has 0 aromatic carbocycles. The number of carbonyl (C=O) groups is 5. The van der Waals surface area contributed by atoms with Crippen LogP contribution < -0.4 is 0 Å². The predicted molar refractivity (Wildman–Crippen MR) is 256 cm³/mol. The van der Waals surface area contributed by atoms with Gasteiger partial charge in [0.05, 0.1) is 37.6 Å². The lowest BCUT2D eigenvalue weighted by atomic mass is 9.78. The number of aliphatic hydroxyl groups excluding tert-OH is 2. The Morgan fingerprint density at radius 1 is 0.853 bits per heavy atom. The molecule has 3 fully saturated rings. The monoisotopic (exact) mass is 958 g/mol. The van der Waals surface area contributed by atoms with Crippen molar-refractivity contribution in [3.05, 3.63) is 47.6 Å². The molecule has 2 saturated heterocycles. The van der Waals surface area contributed by atoms with Gasteiger partial charge in [0.25, 0.3) is 11.7 Å². The van der Waals surface area contributed by atoms with Crippen LogP contribution in [0.1, 0.15) is 126 Å². The van der Waals surface area contributed by atoms with Crippen molar-refractivity contribution in [2.45, 2.75) is 180 Å². The second kappa shape index (κ2) is 27.3. The molecule has 0 aromatic rings. The SMILES string of the molecule is CO[C@H]1C[C@@H](C[C@H](C)[C@H]2CC(=O)[C@@H](C)/C=C(\C)[C@H](O)[C@H](OC)C(=O)[C@@H](C)C[C@@H](C)/C=C/C=C/C=C(\C)[C@H](OC)C[C@H]3CC[C@H](C)[C@](O)(O3)C(=O)C(=O)N3CCCC[C@@H]3C(=O)O2)CC[C@@H]1OCCO. The van der Waals surface area contributed by atoms with Gasteiger partial charge in [0.2, 0.25) is 5.79 Å². The van der Waals surface area contributed by atoms with E-state index in [2.05, 4.69) is 0 Å². The number of cyclic esters (lactones) is 1.